The maximum atomic E-state index is 12.2. The molecule has 0 aliphatic carbocycles. The van der Waals surface area contributed by atoms with Gasteiger partial charge in [0.1, 0.15) is 0 Å². The van der Waals surface area contributed by atoms with Crippen LogP contribution in [0.5, 0.6) is 0 Å². The molecule has 1 amide bonds. The predicted molar refractivity (Wildman–Crippen MR) is 82.3 cm³/mol. The lowest BCUT2D eigenvalue weighted by Crippen LogP contribution is -2.14. The van der Waals surface area contributed by atoms with E-state index in [1.807, 2.05) is 24.3 Å². The van der Waals surface area contributed by atoms with Gasteiger partial charge >= 0.3 is 0 Å². The van der Waals surface area contributed by atoms with E-state index in [0.717, 1.165) is 11.4 Å². The van der Waals surface area contributed by atoms with Crippen LogP contribution in [0.25, 0.3) is 0 Å². The molecule has 4 heteroatoms. The third kappa shape index (κ3) is 3.15. The topological polar surface area (TPSA) is 54.0 Å². The van der Waals surface area contributed by atoms with Gasteiger partial charge in [-0.25, -0.2) is 0 Å². The Balaban J connectivity index is 2.15. The molecule has 104 valence electrons. The van der Waals surface area contributed by atoms with Crippen LogP contribution in [0.15, 0.2) is 42.7 Å². The number of carbonyl (C=O) groups excluding carboxylic acids is 1. The number of hydrogen-bond acceptors (Lipinski definition) is 3. The maximum Gasteiger partial charge on any atom is 0.259 e. The van der Waals surface area contributed by atoms with Crippen molar-refractivity contribution in [3.63, 3.8) is 0 Å². The Hall–Kier alpha value is -2.36. The SMILES string of the molecule is CNc1ccncc1C(=O)Nc1ccc(C(C)C)cc1. The van der Waals surface area contributed by atoms with Crippen molar-refractivity contribution in [1.82, 2.24) is 4.98 Å². The molecule has 1 heterocycles. The van der Waals surface area contributed by atoms with Crippen molar-refractivity contribution in [3.8, 4) is 0 Å². The van der Waals surface area contributed by atoms with Crippen LogP contribution in [0.1, 0.15) is 35.7 Å². The zero-order valence-electron chi connectivity index (χ0n) is 12.0. The predicted octanol–water partition coefficient (Wildman–Crippen LogP) is 3.50. The first-order chi connectivity index (χ1) is 9.61. The third-order valence-electron chi connectivity index (χ3n) is 3.17. The summed E-state index contributed by atoms with van der Waals surface area (Å²) in [5, 5.41) is 5.87. The lowest BCUT2D eigenvalue weighted by Gasteiger charge is -2.10. The molecular weight excluding hydrogens is 250 g/mol. The molecule has 0 bridgehead atoms. The summed E-state index contributed by atoms with van der Waals surface area (Å²) < 4.78 is 0. The summed E-state index contributed by atoms with van der Waals surface area (Å²) in [7, 11) is 1.78. The largest absolute Gasteiger partial charge is 0.387 e. The zero-order valence-corrected chi connectivity index (χ0v) is 12.0. The number of anilines is 2. The first-order valence-electron chi connectivity index (χ1n) is 6.65. The molecule has 0 unspecified atom stereocenters. The van der Waals surface area contributed by atoms with Gasteiger partial charge in [-0.3, -0.25) is 9.78 Å². The van der Waals surface area contributed by atoms with Crippen LogP contribution in [0.3, 0.4) is 0 Å². The van der Waals surface area contributed by atoms with Crippen molar-refractivity contribution < 1.29 is 4.79 Å². The lowest BCUT2D eigenvalue weighted by molar-refractivity contribution is 0.102. The van der Waals surface area contributed by atoms with Crippen molar-refractivity contribution in [2.24, 2.45) is 0 Å². The number of nitrogens with zero attached hydrogens (tertiary/aromatic N) is 1. The molecule has 0 aliphatic rings. The smallest absolute Gasteiger partial charge is 0.259 e. The average Bonchev–Trinajstić information content (AvgIpc) is 2.47. The Morgan fingerprint density at radius 1 is 1.15 bits per heavy atom. The second kappa shape index (κ2) is 6.19. The molecule has 1 aromatic heterocycles. The first kappa shape index (κ1) is 14.1. The fourth-order valence-corrected chi connectivity index (χ4v) is 1.94. The molecule has 20 heavy (non-hydrogen) atoms. The standard InChI is InChI=1S/C16H19N3O/c1-11(2)12-4-6-13(7-5-12)19-16(20)14-10-18-9-8-15(14)17-3/h4-11H,1-3H3,(H,17,18)(H,19,20). The van der Waals surface area contributed by atoms with E-state index in [-0.39, 0.29) is 5.91 Å². The summed E-state index contributed by atoms with van der Waals surface area (Å²) in [6, 6.07) is 9.67. The Morgan fingerprint density at radius 3 is 2.45 bits per heavy atom. The summed E-state index contributed by atoms with van der Waals surface area (Å²) >= 11 is 0. The number of amides is 1. The fourth-order valence-electron chi connectivity index (χ4n) is 1.94. The number of aromatic nitrogens is 1. The molecule has 2 rings (SSSR count). The highest BCUT2D eigenvalue weighted by atomic mass is 16.1. The van der Waals surface area contributed by atoms with E-state index in [4.69, 9.17) is 0 Å². The Labute approximate surface area is 119 Å². The van der Waals surface area contributed by atoms with Crippen molar-refractivity contribution >= 4 is 17.3 Å². The van der Waals surface area contributed by atoms with E-state index < -0.39 is 0 Å². The van der Waals surface area contributed by atoms with E-state index >= 15 is 0 Å². The van der Waals surface area contributed by atoms with Crippen molar-refractivity contribution in [3.05, 3.63) is 53.9 Å². The van der Waals surface area contributed by atoms with Crippen LogP contribution in [0.2, 0.25) is 0 Å². The number of carbonyl (C=O) groups is 1. The Kier molecular flexibility index (Phi) is 4.35. The minimum atomic E-state index is -0.167. The van der Waals surface area contributed by atoms with E-state index in [1.165, 1.54) is 5.56 Å². The minimum absolute atomic E-state index is 0.167. The van der Waals surface area contributed by atoms with E-state index in [9.17, 15) is 4.79 Å². The zero-order chi connectivity index (χ0) is 14.5. The highest BCUT2D eigenvalue weighted by Crippen LogP contribution is 2.19. The summed E-state index contributed by atoms with van der Waals surface area (Å²) in [5.41, 5.74) is 3.32. The van der Waals surface area contributed by atoms with Crippen molar-refractivity contribution in [2.75, 3.05) is 17.7 Å². The number of pyridine rings is 1. The van der Waals surface area contributed by atoms with E-state index in [0.29, 0.717) is 11.5 Å². The third-order valence-corrected chi connectivity index (χ3v) is 3.17. The summed E-state index contributed by atoms with van der Waals surface area (Å²) in [5.74, 6) is 0.314. The van der Waals surface area contributed by atoms with Crippen LogP contribution in [-0.2, 0) is 0 Å². The molecule has 0 saturated heterocycles. The van der Waals surface area contributed by atoms with Gasteiger partial charge < -0.3 is 10.6 Å². The molecule has 0 saturated carbocycles. The molecule has 2 N–H and O–H groups in total. The van der Waals surface area contributed by atoms with Crippen molar-refractivity contribution in [2.45, 2.75) is 19.8 Å². The van der Waals surface area contributed by atoms with Gasteiger partial charge in [-0.2, -0.15) is 0 Å². The number of hydrogen-bond donors (Lipinski definition) is 2. The van der Waals surface area contributed by atoms with E-state index in [1.54, 1.807) is 25.5 Å². The monoisotopic (exact) mass is 269 g/mol. The van der Waals surface area contributed by atoms with Crippen molar-refractivity contribution in [1.29, 1.82) is 0 Å². The van der Waals surface area contributed by atoms with Crippen LogP contribution in [0, 0.1) is 0 Å². The van der Waals surface area contributed by atoms with Crippen LogP contribution < -0.4 is 10.6 Å². The summed E-state index contributed by atoms with van der Waals surface area (Å²) in [6.45, 7) is 4.28. The quantitative estimate of drug-likeness (QED) is 0.893. The Bertz CT molecular complexity index is 591. The van der Waals surface area contributed by atoms with Gasteiger partial charge in [-0.15, -0.1) is 0 Å². The second-order valence-electron chi connectivity index (χ2n) is 4.90. The number of nitrogens with one attached hydrogen (secondary N) is 2. The minimum Gasteiger partial charge on any atom is -0.387 e. The van der Waals surface area contributed by atoms with Gasteiger partial charge in [0.2, 0.25) is 0 Å². The van der Waals surface area contributed by atoms with Gasteiger partial charge in [0.25, 0.3) is 5.91 Å². The number of benzene rings is 1. The first-order valence-corrected chi connectivity index (χ1v) is 6.65. The fraction of sp³-hybridized carbons (Fsp3) is 0.250. The molecule has 0 atom stereocenters. The molecule has 0 fully saturated rings. The highest BCUT2D eigenvalue weighted by molar-refractivity contribution is 6.07. The van der Waals surface area contributed by atoms with E-state index in [2.05, 4.69) is 29.5 Å². The molecule has 2 aromatic rings. The van der Waals surface area contributed by atoms with Gasteiger partial charge in [-0.05, 0) is 29.7 Å². The molecule has 4 nitrogen and oxygen atoms in total. The molecule has 0 spiro atoms. The van der Waals surface area contributed by atoms with Gasteiger partial charge in [0.15, 0.2) is 0 Å². The number of rotatable bonds is 4. The molecule has 0 aliphatic heterocycles. The van der Waals surface area contributed by atoms with Crippen LogP contribution >= 0.6 is 0 Å². The van der Waals surface area contributed by atoms with Gasteiger partial charge in [-0.1, -0.05) is 26.0 Å². The molecular formula is C16H19N3O. The summed E-state index contributed by atoms with van der Waals surface area (Å²) in [4.78, 5) is 16.2. The average molecular weight is 269 g/mol. The van der Waals surface area contributed by atoms with Crippen LogP contribution in [0.4, 0.5) is 11.4 Å². The molecule has 1 aromatic carbocycles. The summed E-state index contributed by atoms with van der Waals surface area (Å²) in [6.07, 6.45) is 3.21. The highest BCUT2D eigenvalue weighted by Gasteiger charge is 2.11. The van der Waals surface area contributed by atoms with Crippen LogP contribution in [-0.4, -0.2) is 17.9 Å². The second-order valence-corrected chi connectivity index (χ2v) is 4.90. The van der Waals surface area contributed by atoms with Gasteiger partial charge in [0, 0.05) is 30.8 Å². The maximum absolute atomic E-state index is 12.2. The van der Waals surface area contributed by atoms with Gasteiger partial charge in [0.05, 0.1) is 5.56 Å². The molecule has 0 radical (unpaired) electrons. The normalized spacial score (nSPS) is 10.4. The Morgan fingerprint density at radius 2 is 1.85 bits per heavy atom. The lowest BCUT2D eigenvalue weighted by atomic mass is 10.0.